The molecule has 1 heterocycles. The summed E-state index contributed by atoms with van der Waals surface area (Å²) in [5, 5.41) is 0. The topological polar surface area (TPSA) is 20.3 Å². The largest absolute Gasteiger partial charge is 0.371 e. The Balaban J connectivity index is 2.16. The van der Waals surface area contributed by atoms with Crippen LogP contribution in [0.2, 0.25) is 0 Å². The highest BCUT2D eigenvalue weighted by atomic mass is 16.1. The lowest BCUT2D eigenvalue weighted by Gasteiger charge is -2.39. The van der Waals surface area contributed by atoms with Crippen LogP contribution in [0, 0.1) is 5.92 Å². The van der Waals surface area contributed by atoms with Gasteiger partial charge in [-0.25, -0.2) is 0 Å². The van der Waals surface area contributed by atoms with Gasteiger partial charge < -0.3 is 4.90 Å². The molecule has 0 N–H and O–H groups in total. The zero-order valence-corrected chi connectivity index (χ0v) is 7.73. The molecule has 68 valence electrons. The van der Waals surface area contributed by atoms with Crippen molar-refractivity contribution in [1.82, 2.24) is 0 Å². The molecule has 1 aromatic rings. The Bertz CT molecular complexity index is 316. The third-order valence-corrected chi connectivity index (χ3v) is 2.44. The first-order chi connectivity index (χ1) is 6.29. The Morgan fingerprint density at radius 1 is 1.46 bits per heavy atom. The van der Waals surface area contributed by atoms with E-state index in [-0.39, 0.29) is 0 Å². The molecule has 0 amide bonds. The molecule has 2 rings (SSSR count). The lowest BCUT2D eigenvalue weighted by Crippen LogP contribution is -2.45. The van der Waals surface area contributed by atoms with Crippen molar-refractivity contribution in [2.24, 2.45) is 5.92 Å². The molecule has 0 unspecified atom stereocenters. The fourth-order valence-corrected chi connectivity index (χ4v) is 1.70. The van der Waals surface area contributed by atoms with E-state index in [1.807, 2.05) is 18.2 Å². The fraction of sp³-hybridized carbons (Fsp3) is 0.364. The molecule has 2 nitrogen and oxygen atoms in total. The summed E-state index contributed by atoms with van der Waals surface area (Å²) in [5.74, 6) is 0.792. The van der Waals surface area contributed by atoms with Crippen molar-refractivity contribution in [2.75, 3.05) is 18.0 Å². The average molecular weight is 175 g/mol. The highest BCUT2D eigenvalue weighted by molar-refractivity contribution is 5.77. The predicted octanol–water partition coefficient (Wildman–Crippen LogP) is 1.96. The summed E-state index contributed by atoms with van der Waals surface area (Å²) in [6.07, 6.45) is 0.896. The second-order valence-corrected chi connectivity index (χ2v) is 3.72. The Labute approximate surface area is 78.2 Å². The summed E-state index contributed by atoms with van der Waals surface area (Å²) >= 11 is 0. The summed E-state index contributed by atoms with van der Waals surface area (Å²) in [4.78, 5) is 12.8. The molecule has 0 saturated carbocycles. The minimum Gasteiger partial charge on any atom is -0.371 e. The predicted molar refractivity (Wildman–Crippen MR) is 53.2 cm³/mol. The van der Waals surface area contributed by atoms with Crippen LogP contribution in [0.1, 0.15) is 17.3 Å². The summed E-state index contributed by atoms with van der Waals surface area (Å²) < 4.78 is 0. The number of carbonyl (C=O) groups excluding carboxylic acids is 1. The average Bonchev–Trinajstić information content (AvgIpc) is 2.13. The van der Waals surface area contributed by atoms with Gasteiger partial charge in [-0.05, 0) is 18.1 Å². The van der Waals surface area contributed by atoms with E-state index in [2.05, 4.69) is 17.9 Å². The highest BCUT2D eigenvalue weighted by Crippen LogP contribution is 2.24. The van der Waals surface area contributed by atoms with Crippen LogP contribution in [0.4, 0.5) is 5.69 Å². The molecular weight excluding hydrogens is 162 g/mol. The lowest BCUT2D eigenvalue weighted by atomic mass is 10.0. The quantitative estimate of drug-likeness (QED) is 0.640. The molecule has 0 spiro atoms. The normalized spacial score (nSPS) is 16.8. The molecule has 1 aromatic carbocycles. The first-order valence-corrected chi connectivity index (χ1v) is 4.60. The van der Waals surface area contributed by atoms with Crippen LogP contribution in [0.5, 0.6) is 0 Å². The van der Waals surface area contributed by atoms with Gasteiger partial charge in [-0.2, -0.15) is 0 Å². The van der Waals surface area contributed by atoms with Crippen LogP contribution in [0.15, 0.2) is 24.3 Å². The van der Waals surface area contributed by atoms with Crippen molar-refractivity contribution >= 4 is 12.0 Å². The molecule has 2 heteroatoms. The van der Waals surface area contributed by atoms with Crippen molar-refractivity contribution in [2.45, 2.75) is 6.92 Å². The maximum Gasteiger partial charge on any atom is 0.150 e. The SMILES string of the molecule is CC1CN(c2cccc(C=O)c2)C1. The lowest BCUT2D eigenvalue weighted by molar-refractivity contribution is 0.112. The Morgan fingerprint density at radius 2 is 2.23 bits per heavy atom. The molecule has 1 saturated heterocycles. The Kier molecular flexibility index (Phi) is 2.05. The fourth-order valence-electron chi connectivity index (χ4n) is 1.70. The smallest absolute Gasteiger partial charge is 0.150 e. The van der Waals surface area contributed by atoms with Gasteiger partial charge in [-0.15, -0.1) is 0 Å². The van der Waals surface area contributed by atoms with Crippen molar-refractivity contribution in [3.63, 3.8) is 0 Å². The molecule has 1 aliphatic heterocycles. The number of anilines is 1. The van der Waals surface area contributed by atoms with E-state index in [9.17, 15) is 4.79 Å². The molecule has 0 radical (unpaired) electrons. The van der Waals surface area contributed by atoms with Gasteiger partial charge in [0.15, 0.2) is 0 Å². The van der Waals surface area contributed by atoms with E-state index in [1.165, 1.54) is 5.69 Å². The molecule has 0 aromatic heterocycles. The molecular formula is C11H13NO. The summed E-state index contributed by atoms with van der Waals surface area (Å²) in [6.45, 7) is 4.46. The first-order valence-electron chi connectivity index (χ1n) is 4.60. The van der Waals surface area contributed by atoms with Crippen molar-refractivity contribution in [3.8, 4) is 0 Å². The van der Waals surface area contributed by atoms with E-state index >= 15 is 0 Å². The van der Waals surface area contributed by atoms with Gasteiger partial charge in [-0.3, -0.25) is 4.79 Å². The van der Waals surface area contributed by atoms with Gasteiger partial charge in [0, 0.05) is 24.3 Å². The number of aldehydes is 1. The van der Waals surface area contributed by atoms with E-state index in [0.717, 1.165) is 30.9 Å². The van der Waals surface area contributed by atoms with Crippen LogP contribution in [0.25, 0.3) is 0 Å². The van der Waals surface area contributed by atoms with Gasteiger partial charge in [-0.1, -0.05) is 19.1 Å². The minimum atomic E-state index is 0.761. The molecule has 13 heavy (non-hydrogen) atoms. The van der Waals surface area contributed by atoms with Gasteiger partial charge in [0.25, 0.3) is 0 Å². The number of benzene rings is 1. The van der Waals surface area contributed by atoms with Gasteiger partial charge in [0.1, 0.15) is 6.29 Å². The van der Waals surface area contributed by atoms with E-state index < -0.39 is 0 Å². The zero-order chi connectivity index (χ0) is 9.26. The molecule has 1 aliphatic rings. The summed E-state index contributed by atoms with van der Waals surface area (Å²) in [5.41, 5.74) is 1.93. The van der Waals surface area contributed by atoms with Crippen LogP contribution < -0.4 is 4.90 Å². The van der Waals surface area contributed by atoms with Crippen molar-refractivity contribution in [1.29, 1.82) is 0 Å². The number of carbonyl (C=O) groups is 1. The van der Waals surface area contributed by atoms with Crippen molar-refractivity contribution < 1.29 is 4.79 Å². The molecule has 1 fully saturated rings. The monoisotopic (exact) mass is 175 g/mol. The summed E-state index contributed by atoms with van der Waals surface area (Å²) in [6, 6.07) is 7.76. The maximum absolute atomic E-state index is 10.5. The highest BCUT2D eigenvalue weighted by Gasteiger charge is 2.22. The van der Waals surface area contributed by atoms with Crippen LogP contribution in [-0.4, -0.2) is 19.4 Å². The van der Waals surface area contributed by atoms with Gasteiger partial charge in [0.2, 0.25) is 0 Å². The first kappa shape index (κ1) is 8.30. The van der Waals surface area contributed by atoms with Crippen molar-refractivity contribution in [3.05, 3.63) is 29.8 Å². The van der Waals surface area contributed by atoms with Gasteiger partial charge in [0.05, 0.1) is 0 Å². The van der Waals surface area contributed by atoms with Crippen LogP contribution in [-0.2, 0) is 0 Å². The standard InChI is InChI=1S/C11H13NO/c1-9-6-12(7-9)11-4-2-3-10(5-11)8-13/h2-5,8-9H,6-7H2,1H3. The van der Waals surface area contributed by atoms with E-state index in [0.29, 0.717) is 0 Å². The Hall–Kier alpha value is -1.31. The number of rotatable bonds is 2. The third kappa shape index (κ3) is 1.57. The number of hydrogen-bond donors (Lipinski definition) is 0. The van der Waals surface area contributed by atoms with E-state index in [4.69, 9.17) is 0 Å². The number of hydrogen-bond acceptors (Lipinski definition) is 2. The molecule has 0 aliphatic carbocycles. The van der Waals surface area contributed by atoms with Crippen LogP contribution in [0.3, 0.4) is 0 Å². The second kappa shape index (κ2) is 3.21. The zero-order valence-electron chi connectivity index (χ0n) is 7.73. The minimum absolute atomic E-state index is 0.761. The van der Waals surface area contributed by atoms with Crippen LogP contribution >= 0.6 is 0 Å². The summed E-state index contributed by atoms with van der Waals surface area (Å²) in [7, 11) is 0. The second-order valence-electron chi connectivity index (χ2n) is 3.72. The third-order valence-electron chi connectivity index (χ3n) is 2.44. The van der Waals surface area contributed by atoms with E-state index in [1.54, 1.807) is 0 Å². The number of nitrogens with zero attached hydrogens (tertiary/aromatic N) is 1. The molecule has 0 atom stereocenters. The Morgan fingerprint density at radius 3 is 2.85 bits per heavy atom. The molecule has 0 bridgehead atoms. The maximum atomic E-state index is 10.5. The van der Waals surface area contributed by atoms with Gasteiger partial charge >= 0.3 is 0 Å².